The highest BCUT2D eigenvalue weighted by Crippen LogP contribution is 2.28. The van der Waals surface area contributed by atoms with E-state index in [1.165, 1.54) is 16.7 Å². The van der Waals surface area contributed by atoms with Crippen molar-refractivity contribution < 1.29 is 4.74 Å². The van der Waals surface area contributed by atoms with Gasteiger partial charge in [0.15, 0.2) is 11.5 Å². The van der Waals surface area contributed by atoms with Gasteiger partial charge in [-0.1, -0.05) is 12.1 Å². The molecule has 1 aromatic carbocycles. The van der Waals surface area contributed by atoms with E-state index in [9.17, 15) is 0 Å². The van der Waals surface area contributed by atoms with Crippen LogP contribution >= 0.6 is 0 Å². The zero-order chi connectivity index (χ0) is 23.8. The highest BCUT2D eigenvalue weighted by molar-refractivity contribution is 5.77. The number of pyridine rings is 1. The van der Waals surface area contributed by atoms with E-state index in [4.69, 9.17) is 14.8 Å². The SMILES string of the molecule is COc1cc(Cc2nc3c(C4=CCN(C(C)C)CC4)cc(C)cn3n2)ccc1-n1cnc(C)c1. The van der Waals surface area contributed by atoms with Crippen molar-refractivity contribution in [1.82, 2.24) is 29.0 Å². The van der Waals surface area contributed by atoms with Gasteiger partial charge in [-0.05, 0) is 69.0 Å². The number of fused-ring (bicyclic) bond motifs is 1. The molecule has 4 aromatic rings. The van der Waals surface area contributed by atoms with Gasteiger partial charge < -0.3 is 9.30 Å². The first kappa shape index (κ1) is 22.3. The molecule has 7 nitrogen and oxygen atoms in total. The number of rotatable bonds is 6. The number of imidazole rings is 1. The van der Waals surface area contributed by atoms with E-state index in [1.54, 1.807) is 13.4 Å². The Morgan fingerprint density at radius 1 is 1.12 bits per heavy atom. The molecule has 0 fully saturated rings. The van der Waals surface area contributed by atoms with Crippen LogP contribution in [0.15, 0.2) is 49.1 Å². The Morgan fingerprint density at radius 2 is 1.97 bits per heavy atom. The van der Waals surface area contributed by atoms with Crippen LogP contribution in [0.3, 0.4) is 0 Å². The number of nitrogens with zero attached hydrogens (tertiary/aromatic N) is 6. The van der Waals surface area contributed by atoms with Crippen LogP contribution < -0.4 is 4.74 Å². The molecule has 0 aliphatic carbocycles. The van der Waals surface area contributed by atoms with E-state index >= 15 is 0 Å². The van der Waals surface area contributed by atoms with Crippen molar-refractivity contribution in [3.8, 4) is 11.4 Å². The summed E-state index contributed by atoms with van der Waals surface area (Å²) in [6.07, 6.45) is 9.89. The van der Waals surface area contributed by atoms with Gasteiger partial charge in [0.25, 0.3) is 0 Å². The molecule has 0 amide bonds. The molecule has 7 heteroatoms. The van der Waals surface area contributed by atoms with Gasteiger partial charge in [0.1, 0.15) is 5.75 Å². The predicted molar refractivity (Wildman–Crippen MR) is 135 cm³/mol. The Kier molecular flexibility index (Phi) is 5.96. The summed E-state index contributed by atoms with van der Waals surface area (Å²) >= 11 is 0. The minimum absolute atomic E-state index is 0.566. The molecule has 0 saturated heterocycles. The Labute approximate surface area is 200 Å². The first-order valence-electron chi connectivity index (χ1n) is 11.9. The number of aryl methyl sites for hydroxylation is 2. The van der Waals surface area contributed by atoms with Crippen LogP contribution in [-0.2, 0) is 6.42 Å². The third-order valence-corrected chi connectivity index (χ3v) is 6.53. The Bertz CT molecular complexity index is 1360. The molecule has 3 aromatic heterocycles. The summed E-state index contributed by atoms with van der Waals surface area (Å²) in [4.78, 5) is 11.8. The molecular weight excluding hydrogens is 424 g/mol. The van der Waals surface area contributed by atoms with Crippen molar-refractivity contribution >= 4 is 11.2 Å². The summed E-state index contributed by atoms with van der Waals surface area (Å²) < 4.78 is 9.60. The normalized spacial score (nSPS) is 14.7. The average Bonchev–Trinajstić information content (AvgIpc) is 3.44. The molecular formula is C27H32N6O. The number of hydrogen-bond acceptors (Lipinski definition) is 5. The lowest BCUT2D eigenvalue weighted by molar-refractivity contribution is 0.245. The maximum atomic E-state index is 5.68. The third-order valence-electron chi connectivity index (χ3n) is 6.53. The van der Waals surface area contributed by atoms with Crippen molar-refractivity contribution in [3.05, 3.63) is 77.3 Å². The molecule has 1 aliphatic rings. The van der Waals surface area contributed by atoms with Gasteiger partial charge in [-0.2, -0.15) is 5.10 Å². The maximum absolute atomic E-state index is 5.68. The lowest BCUT2D eigenvalue weighted by atomic mass is 9.98. The van der Waals surface area contributed by atoms with E-state index in [0.29, 0.717) is 12.5 Å². The Hall–Kier alpha value is -3.45. The second-order valence-electron chi connectivity index (χ2n) is 9.40. The molecule has 0 saturated carbocycles. The van der Waals surface area contributed by atoms with Gasteiger partial charge in [-0.3, -0.25) is 4.90 Å². The van der Waals surface area contributed by atoms with E-state index in [2.05, 4.69) is 67.2 Å². The number of ether oxygens (including phenoxy) is 1. The molecule has 0 atom stereocenters. The van der Waals surface area contributed by atoms with Crippen LogP contribution in [0.25, 0.3) is 16.9 Å². The minimum Gasteiger partial charge on any atom is -0.495 e. The molecule has 0 radical (unpaired) electrons. The summed E-state index contributed by atoms with van der Waals surface area (Å²) in [7, 11) is 1.70. The molecule has 0 N–H and O–H groups in total. The second kappa shape index (κ2) is 9.06. The standard InChI is InChI=1S/C27H32N6O/c1-18(2)31-10-8-22(9-11-31)23-12-19(3)15-33-27(23)29-26(30-33)14-21-6-7-24(25(13-21)34-5)32-16-20(4)28-17-32/h6-8,12-13,15-18H,9-11,14H2,1-5H3. The van der Waals surface area contributed by atoms with Gasteiger partial charge in [-0.15, -0.1) is 0 Å². The van der Waals surface area contributed by atoms with Crippen molar-refractivity contribution in [2.75, 3.05) is 20.2 Å². The molecule has 4 heterocycles. The molecule has 1 aliphatic heterocycles. The number of aromatic nitrogens is 5. The summed E-state index contributed by atoms with van der Waals surface area (Å²) in [6, 6.07) is 9.04. The molecule has 5 rings (SSSR count). The second-order valence-corrected chi connectivity index (χ2v) is 9.40. The van der Waals surface area contributed by atoms with Gasteiger partial charge in [-0.25, -0.2) is 14.5 Å². The van der Waals surface area contributed by atoms with Crippen LogP contribution in [0, 0.1) is 13.8 Å². The van der Waals surface area contributed by atoms with E-state index in [-0.39, 0.29) is 0 Å². The fourth-order valence-corrected chi connectivity index (χ4v) is 4.65. The van der Waals surface area contributed by atoms with Gasteiger partial charge in [0.05, 0.1) is 24.8 Å². The van der Waals surface area contributed by atoms with Crippen molar-refractivity contribution in [2.24, 2.45) is 0 Å². The first-order chi connectivity index (χ1) is 16.4. The smallest absolute Gasteiger partial charge is 0.163 e. The molecule has 0 spiro atoms. The van der Waals surface area contributed by atoms with Crippen molar-refractivity contribution in [2.45, 2.75) is 46.6 Å². The van der Waals surface area contributed by atoms with E-state index in [1.807, 2.05) is 22.2 Å². The lowest BCUT2D eigenvalue weighted by Gasteiger charge is -2.29. The number of hydrogen-bond donors (Lipinski definition) is 0. The molecule has 0 unspecified atom stereocenters. The summed E-state index contributed by atoms with van der Waals surface area (Å²) in [5.41, 5.74) is 7.73. The van der Waals surface area contributed by atoms with E-state index < -0.39 is 0 Å². The van der Waals surface area contributed by atoms with Gasteiger partial charge >= 0.3 is 0 Å². The molecule has 0 bridgehead atoms. The van der Waals surface area contributed by atoms with E-state index in [0.717, 1.165) is 53.7 Å². The largest absolute Gasteiger partial charge is 0.495 e. The number of methoxy groups -OCH3 is 1. The Balaban J connectivity index is 1.45. The Morgan fingerprint density at radius 3 is 2.65 bits per heavy atom. The quantitative estimate of drug-likeness (QED) is 0.423. The van der Waals surface area contributed by atoms with Crippen LogP contribution in [0.4, 0.5) is 0 Å². The summed E-state index contributed by atoms with van der Waals surface area (Å²) in [5.74, 6) is 1.61. The van der Waals surface area contributed by atoms with Gasteiger partial charge in [0, 0.05) is 43.5 Å². The van der Waals surface area contributed by atoms with Crippen molar-refractivity contribution in [3.63, 3.8) is 0 Å². The van der Waals surface area contributed by atoms with Crippen LogP contribution in [0.1, 0.15) is 48.5 Å². The predicted octanol–water partition coefficient (Wildman–Crippen LogP) is 4.63. The van der Waals surface area contributed by atoms with Crippen LogP contribution in [0.2, 0.25) is 0 Å². The zero-order valence-electron chi connectivity index (χ0n) is 20.6. The fraction of sp³-hybridized carbons (Fsp3) is 0.370. The lowest BCUT2D eigenvalue weighted by Crippen LogP contribution is -2.34. The summed E-state index contributed by atoms with van der Waals surface area (Å²) in [6.45, 7) is 10.7. The highest BCUT2D eigenvalue weighted by Gasteiger charge is 2.19. The third kappa shape index (κ3) is 4.35. The minimum atomic E-state index is 0.566. The molecule has 176 valence electrons. The maximum Gasteiger partial charge on any atom is 0.163 e. The van der Waals surface area contributed by atoms with Crippen LogP contribution in [-0.4, -0.2) is 55.3 Å². The fourth-order valence-electron chi connectivity index (χ4n) is 4.65. The van der Waals surface area contributed by atoms with Crippen LogP contribution in [0.5, 0.6) is 5.75 Å². The zero-order valence-corrected chi connectivity index (χ0v) is 20.6. The average molecular weight is 457 g/mol. The highest BCUT2D eigenvalue weighted by atomic mass is 16.5. The van der Waals surface area contributed by atoms with Crippen molar-refractivity contribution in [1.29, 1.82) is 0 Å². The van der Waals surface area contributed by atoms with Gasteiger partial charge in [0.2, 0.25) is 0 Å². The topological polar surface area (TPSA) is 60.5 Å². The number of benzene rings is 1. The summed E-state index contributed by atoms with van der Waals surface area (Å²) in [5, 5.41) is 4.82. The first-order valence-corrected chi connectivity index (χ1v) is 11.9. The molecule has 34 heavy (non-hydrogen) atoms. The monoisotopic (exact) mass is 456 g/mol.